The van der Waals surface area contributed by atoms with Crippen molar-refractivity contribution in [2.24, 2.45) is 0 Å². The molecule has 1 aromatic heterocycles. The van der Waals surface area contributed by atoms with Crippen LogP contribution in [-0.2, 0) is 4.74 Å². The molecule has 0 aliphatic heterocycles. The van der Waals surface area contributed by atoms with E-state index in [4.69, 9.17) is 9.15 Å². The monoisotopic (exact) mass is 183 g/mol. The molecule has 0 amide bonds. The Morgan fingerprint density at radius 1 is 1.54 bits per heavy atom. The van der Waals surface area contributed by atoms with Crippen LogP contribution in [0.1, 0.15) is 37.2 Å². The first-order valence-corrected chi connectivity index (χ1v) is 4.04. The summed E-state index contributed by atoms with van der Waals surface area (Å²) in [5.41, 5.74) is -0.514. The van der Waals surface area contributed by atoms with E-state index in [0.717, 1.165) is 0 Å². The van der Waals surface area contributed by atoms with Crippen LogP contribution in [0.15, 0.2) is 10.6 Å². The number of carbonyl (C=O) groups is 1. The van der Waals surface area contributed by atoms with Gasteiger partial charge in [0.15, 0.2) is 0 Å². The van der Waals surface area contributed by atoms with Gasteiger partial charge in [-0.05, 0) is 27.7 Å². The van der Waals surface area contributed by atoms with E-state index in [1.54, 1.807) is 27.7 Å². The maximum absolute atomic E-state index is 11.3. The summed E-state index contributed by atoms with van der Waals surface area (Å²) in [6, 6.07) is 0. The summed E-state index contributed by atoms with van der Waals surface area (Å²) in [6.07, 6.45) is 1.49. The third kappa shape index (κ3) is 2.89. The molecule has 0 aliphatic rings. The highest BCUT2D eigenvalue weighted by atomic mass is 16.6. The summed E-state index contributed by atoms with van der Waals surface area (Å²) in [7, 11) is 0. The quantitative estimate of drug-likeness (QED) is 0.624. The lowest BCUT2D eigenvalue weighted by molar-refractivity contribution is 0.00261. The minimum absolute atomic E-state index is 0.00687. The smallest absolute Gasteiger partial charge is 0.395 e. The highest BCUT2D eigenvalue weighted by molar-refractivity contribution is 5.84. The molecule has 72 valence electrons. The highest BCUT2D eigenvalue weighted by Crippen LogP contribution is 2.11. The van der Waals surface area contributed by atoms with E-state index in [1.807, 2.05) is 0 Å². The number of ether oxygens (including phenoxy) is 1. The number of carbonyl (C=O) groups excluding carboxylic acids is 1. The Bertz CT molecular complexity index is 309. The molecular weight excluding hydrogens is 170 g/mol. The number of hydrogen-bond acceptors (Lipinski definition) is 4. The number of rotatable bonds is 1. The lowest BCUT2D eigenvalue weighted by Crippen LogP contribution is -2.24. The molecule has 4 heteroatoms. The Labute approximate surface area is 76.9 Å². The Balaban J connectivity index is 2.70. The van der Waals surface area contributed by atoms with Gasteiger partial charge in [0.2, 0.25) is 0 Å². The van der Waals surface area contributed by atoms with Gasteiger partial charge >= 0.3 is 11.9 Å². The highest BCUT2D eigenvalue weighted by Gasteiger charge is 2.21. The van der Waals surface area contributed by atoms with E-state index in [9.17, 15) is 4.79 Å². The molecule has 0 aromatic carbocycles. The second kappa shape index (κ2) is 3.20. The van der Waals surface area contributed by atoms with Gasteiger partial charge in [0.05, 0.1) is 6.20 Å². The van der Waals surface area contributed by atoms with Crippen molar-refractivity contribution in [3.63, 3.8) is 0 Å². The molecule has 4 nitrogen and oxygen atoms in total. The molecule has 1 aromatic rings. The average molecular weight is 183 g/mol. The Morgan fingerprint density at radius 3 is 2.54 bits per heavy atom. The molecule has 0 saturated carbocycles. The number of oxazole rings is 1. The fourth-order valence-corrected chi connectivity index (χ4v) is 0.771. The van der Waals surface area contributed by atoms with Gasteiger partial charge in [-0.25, -0.2) is 9.78 Å². The van der Waals surface area contributed by atoms with Crippen LogP contribution in [0, 0.1) is 6.92 Å². The summed E-state index contributed by atoms with van der Waals surface area (Å²) in [6.45, 7) is 7.10. The fourth-order valence-electron chi connectivity index (χ4n) is 0.771. The minimum atomic E-state index is -0.527. The molecule has 0 atom stereocenters. The van der Waals surface area contributed by atoms with Crippen molar-refractivity contribution in [3.8, 4) is 0 Å². The predicted octanol–water partition coefficient (Wildman–Crippen LogP) is 1.94. The van der Waals surface area contributed by atoms with Crippen LogP contribution >= 0.6 is 0 Å². The summed E-state index contributed by atoms with van der Waals surface area (Å²) in [5.74, 6) is 0.0777. The molecular formula is C9H13NO3. The average Bonchev–Trinajstić information content (AvgIpc) is 2.31. The van der Waals surface area contributed by atoms with E-state index in [-0.39, 0.29) is 5.89 Å². The fraction of sp³-hybridized carbons (Fsp3) is 0.556. The van der Waals surface area contributed by atoms with Crippen molar-refractivity contribution in [2.45, 2.75) is 33.3 Å². The molecule has 13 heavy (non-hydrogen) atoms. The first-order valence-electron chi connectivity index (χ1n) is 4.04. The van der Waals surface area contributed by atoms with Crippen molar-refractivity contribution >= 4 is 5.97 Å². The number of nitrogens with zero attached hydrogens (tertiary/aromatic N) is 1. The van der Waals surface area contributed by atoms with E-state index >= 15 is 0 Å². The minimum Gasteiger partial charge on any atom is -0.453 e. The lowest BCUT2D eigenvalue weighted by atomic mass is 10.2. The normalized spacial score (nSPS) is 11.4. The maximum atomic E-state index is 11.3. The van der Waals surface area contributed by atoms with Crippen molar-refractivity contribution in [1.82, 2.24) is 4.98 Å². The van der Waals surface area contributed by atoms with Gasteiger partial charge in [0, 0.05) is 0 Å². The molecule has 1 rings (SSSR count). The largest absolute Gasteiger partial charge is 0.453 e. The lowest BCUT2D eigenvalue weighted by Gasteiger charge is -2.17. The van der Waals surface area contributed by atoms with Crippen molar-refractivity contribution in [2.75, 3.05) is 0 Å². The molecule has 0 radical (unpaired) electrons. The summed E-state index contributed by atoms with van der Waals surface area (Å²) in [5, 5.41) is 0. The second-order valence-corrected chi connectivity index (χ2v) is 3.78. The number of esters is 1. The van der Waals surface area contributed by atoms with Crippen LogP contribution in [0.5, 0.6) is 0 Å². The van der Waals surface area contributed by atoms with Gasteiger partial charge in [-0.15, -0.1) is 0 Å². The zero-order chi connectivity index (χ0) is 10.1. The zero-order valence-electron chi connectivity index (χ0n) is 8.25. The van der Waals surface area contributed by atoms with Gasteiger partial charge in [0.1, 0.15) is 11.4 Å². The standard InChI is InChI=1S/C9H13NO3/c1-6-5-10-7(12-6)8(11)13-9(2,3)4/h5H,1-4H3. The van der Waals surface area contributed by atoms with Gasteiger partial charge < -0.3 is 9.15 Å². The SMILES string of the molecule is Cc1cnc(C(=O)OC(C)(C)C)o1. The Morgan fingerprint density at radius 2 is 2.15 bits per heavy atom. The molecule has 0 bridgehead atoms. The van der Waals surface area contributed by atoms with Crippen LogP contribution in [0.3, 0.4) is 0 Å². The third-order valence-corrected chi connectivity index (χ3v) is 1.19. The van der Waals surface area contributed by atoms with Crippen LogP contribution < -0.4 is 0 Å². The Hall–Kier alpha value is -1.32. The van der Waals surface area contributed by atoms with E-state index in [1.165, 1.54) is 6.20 Å². The number of aryl methyl sites for hydroxylation is 1. The number of aromatic nitrogens is 1. The molecule has 0 spiro atoms. The van der Waals surface area contributed by atoms with E-state index < -0.39 is 11.6 Å². The molecule has 1 heterocycles. The summed E-state index contributed by atoms with van der Waals surface area (Å²) in [4.78, 5) is 15.1. The van der Waals surface area contributed by atoms with Crippen LogP contribution in [0.2, 0.25) is 0 Å². The van der Waals surface area contributed by atoms with Crippen molar-refractivity contribution < 1.29 is 13.9 Å². The van der Waals surface area contributed by atoms with Crippen LogP contribution in [0.25, 0.3) is 0 Å². The third-order valence-electron chi connectivity index (χ3n) is 1.19. The molecule has 0 fully saturated rings. The van der Waals surface area contributed by atoms with E-state index in [0.29, 0.717) is 5.76 Å². The molecule has 0 N–H and O–H groups in total. The molecule has 0 unspecified atom stereocenters. The number of hydrogen-bond donors (Lipinski definition) is 0. The molecule has 0 aliphatic carbocycles. The summed E-state index contributed by atoms with van der Waals surface area (Å²) < 4.78 is 10.0. The maximum Gasteiger partial charge on any atom is 0.395 e. The van der Waals surface area contributed by atoms with Gasteiger partial charge in [0.25, 0.3) is 0 Å². The zero-order valence-corrected chi connectivity index (χ0v) is 8.25. The van der Waals surface area contributed by atoms with Gasteiger partial charge in [-0.3, -0.25) is 0 Å². The first kappa shape index (κ1) is 9.77. The Kier molecular flexibility index (Phi) is 2.40. The summed E-state index contributed by atoms with van der Waals surface area (Å²) >= 11 is 0. The van der Waals surface area contributed by atoms with Gasteiger partial charge in [-0.2, -0.15) is 0 Å². The topological polar surface area (TPSA) is 52.3 Å². The molecule has 0 saturated heterocycles. The van der Waals surface area contributed by atoms with Crippen molar-refractivity contribution in [3.05, 3.63) is 17.8 Å². The van der Waals surface area contributed by atoms with Crippen LogP contribution in [0.4, 0.5) is 0 Å². The van der Waals surface area contributed by atoms with Crippen LogP contribution in [-0.4, -0.2) is 16.6 Å². The van der Waals surface area contributed by atoms with E-state index in [2.05, 4.69) is 4.98 Å². The first-order chi connectivity index (χ1) is 5.88. The second-order valence-electron chi connectivity index (χ2n) is 3.78. The predicted molar refractivity (Wildman–Crippen MR) is 46.4 cm³/mol. The van der Waals surface area contributed by atoms with Gasteiger partial charge in [-0.1, -0.05) is 0 Å². The van der Waals surface area contributed by atoms with Crippen molar-refractivity contribution in [1.29, 1.82) is 0 Å².